The summed E-state index contributed by atoms with van der Waals surface area (Å²) in [5.41, 5.74) is 0.845. The average Bonchev–Trinajstić information content (AvgIpc) is 2.46. The van der Waals surface area contributed by atoms with Gasteiger partial charge in [0, 0.05) is 24.7 Å². The number of benzene rings is 1. The minimum atomic E-state index is -0.189. The van der Waals surface area contributed by atoms with Crippen molar-refractivity contribution in [2.45, 2.75) is 18.9 Å². The molecule has 0 spiro atoms. The second-order valence-corrected chi connectivity index (χ2v) is 4.96. The highest BCUT2D eigenvalue weighted by molar-refractivity contribution is 6.33. The number of hydrogen-bond acceptors (Lipinski definition) is 4. The van der Waals surface area contributed by atoms with Crippen molar-refractivity contribution in [1.29, 1.82) is 0 Å². The van der Waals surface area contributed by atoms with Gasteiger partial charge in [-0.1, -0.05) is 17.7 Å². The van der Waals surface area contributed by atoms with Gasteiger partial charge in [-0.05, 0) is 18.9 Å². The average molecular weight is 287 g/mol. The first-order valence-electron chi connectivity index (χ1n) is 6.35. The highest BCUT2D eigenvalue weighted by atomic mass is 35.5. The Morgan fingerprint density at radius 3 is 2.79 bits per heavy atom. The van der Waals surface area contributed by atoms with E-state index in [1.165, 1.54) is 0 Å². The van der Waals surface area contributed by atoms with Crippen molar-refractivity contribution in [3.05, 3.63) is 22.7 Å². The third-order valence-electron chi connectivity index (χ3n) is 3.50. The minimum absolute atomic E-state index is 0.0735. The number of aliphatic hydroxyl groups is 1. The molecule has 1 aliphatic rings. The fraction of sp³-hybridized carbons (Fsp3) is 0.571. The molecule has 1 aromatic rings. The first-order chi connectivity index (χ1) is 9.22. The smallest absolute Gasteiger partial charge is 0.179 e. The number of rotatable bonds is 4. The molecule has 0 bridgehead atoms. The summed E-state index contributed by atoms with van der Waals surface area (Å²) in [6, 6.07) is 3.69. The molecule has 19 heavy (non-hydrogen) atoms. The van der Waals surface area contributed by atoms with Crippen LogP contribution in [0.5, 0.6) is 11.5 Å². The zero-order valence-electron chi connectivity index (χ0n) is 11.2. The van der Waals surface area contributed by atoms with E-state index >= 15 is 0 Å². The number of hydrogen-bond donors (Lipinski definition) is 1. The first kappa shape index (κ1) is 14.4. The predicted octanol–water partition coefficient (Wildman–Crippen LogP) is 2.82. The Morgan fingerprint density at radius 1 is 1.37 bits per heavy atom. The number of aliphatic hydroxyl groups excluding tert-OH is 1. The van der Waals surface area contributed by atoms with Crippen LogP contribution in [0.4, 0.5) is 0 Å². The molecule has 0 amide bonds. The van der Waals surface area contributed by atoms with Crippen LogP contribution in [0.15, 0.2) is 12.1 Å². The lowest BCUT2D eigenvalue weighted by atomic mass is 9.90. The molecular weight excluding hydrogens is 268 g/mol. The Kier molecular flexibility index (Phi) is 4.91. The van der Waals surface area contributed by atoms with Gasteiger partial charge in [0.1, 0.15) is 0 Å². The van der Waals surface area contributed by atoms with Crippen LogP contribution < -0.4 is 9.47 Å². The molecule has 0 aliphatic carbocycles. The molecule has 0 radical (unpaired) electrons. The molecule has 1 fully saturated rings. The lowest BCUT2D eigenvalue weighted by Gasteiger charge is -2.31. The highest BCUT2D eigenvalue weighted by Gasteiger charge is 2.30. The van der Waals surface area contributed by atoms with E-state index in [9.17, 15) is 5.11 Å². The fourth-order valence-electron chi connectivity index (χ4n) is 2.50. The van der Waals surface area contributed by atoms with Crippen molar-refractivity contribution in [3.8, 4) is 11.5 Å². The molecule has 0 aromatic heterocycles. The Hall–Kier alpha value is -0.970. The van der Waals surface area contributed by atoms with Crippen LogP contribution >= 0.6 is 11.6 Å². The number of halogens is 1. The van der Waals surface area contributed by atoms with E-state index in [0.29, 0.717) is 23.1 Å². The van der Waals surface area contributed by atoms with E-state index in [1.54, 1.807) is 14.2 Å². The van der Waals surface area contributed by atoms with Gasteiger partial charge >= 0.3 is 0 Å². The van der Waals surface area contributed by atoms with E-state index in [4.69, 9.17) is 25.8 Å². The topological polar surface area (TPSA) is 47.9 Å². The third-order valence-corrected chi connectivity index (χ3v) is 3.89. The molecule has 1 aliphatic heterocycles. The van der Waals surface area contributed by atoms with Crippen LogP contribution in [-0.2, 0) is 4.74 Å². The summed E-state index contributed by atoms with van der Waals surface area (Å²) in [6.45, 7) is 0.779. The van der Waals surface area contributed by atoms with Crippen molar-refractivity contribution < 1.29 is 19.3 Å². The molecule has 4 nitrogen and oxygen atoms in total. The van der Waals surface area contributed by atoms with Crippen LogP contribution in [-0.4, -0.2) is 32.5 Å². The van der Waals surface area contributed by atoms with Gasteiger partial charge in [0.15, 0.2) is 11.5 Å². The summed E-state index contributed by atoms with van der Waals surface area (Å²) in [7, 11) is 3.13. The Balaban J connectivity index is 2.38. The Morgan fingerprint density at radius 2 is 2.16 bits per heavy atom. The molecule has 2 unspecified atom stereocenters. The van der Waals surface area contributed by atoms with E-state index in [2.05, 4.69) is 0 Å². The number of methoxy groups -OCH3 is 2. The largest absolute Gasteiger partial charge is 0.493 e. The standard InChI is InChI=1S/C14H19ClO4/c1-17-11-6-5-10(12(15)14(11)18-2)13-9(8-16)4-3-7-19-13/h5-6,9,13,16H,3-4,7-8H2,1-2H3. The molecule has 1 heterocycles. The summed E-state index contributed by atoms with van der Waals surface area (Å²) < 4.78 is 16.3. The molecule has 1 saturated heterocycles. The van der Waals surface area contributed by atoms with Gasteiger partial charge in [0.05, 0.1) is 25.3 Å². The summed E-state index contributed by atoms with van der Waals surface area (Å²) in [5, 5.41) is 9.95. The lowest BCUT2D eigenvalue weighted by molar-refractivity contribution is -0.0457. The predicted molar refractivity (Wildman–Crippen MR) is 73.1 cm³/mol. The number of ether oxygens (including phenoxy) is 3. The van der Waals surface area contributed by atoms with Gasteiger partial charge in [-0.3, -0.25) is 0 Å². The SMILES string of the molecule is COc1ccc(C2OCCCC2CO)c(Cl)c1OC. The maximum Gasteiger partial charge on any atom is 0.179 e. The maximum atomic E-state index is 9.46. The van der Waals surface area contributed by atoms with Gasteiger partial charge in [0.2, 0.25) is 0 Å². The van der Waals surface area contributed by atoms with Crippen molar-refractivity contribution in [2.24, 2.45) is 5.92 Å². The maximum absolute atomic E-state index is 9.46. The van der Waals surface area contributed by atoms with E-state index in [0.717, 1.165) is 18.4 Å². The summed E-state index contributed by atoms with van der Waals surface area (Å²) >= 11 is 6.38. The van der Waals surface area contributed by atoms with Crippen molar-refractivity contribution in [3.63, 3.8) is 0 Å². The van der Waals surface area contributed by atoms with Gasteiger partial charge < -0.3 is 19.3 Å². The van der Waals surface area contributed by atoms with Crippen LogP contribution in [0.1, 0.15) is 24.5 Å². The third kappa shape index (κ3) is 2.81. The molecule has 2 rings (SSSR count). The fourth-order valence-corrected chi connectivity index (χ4v) is 2.84. The second-order valence-electron chi connectivity index (χ2n) is 4.58. The van der Waals surface area contributed by atoms with Crippen LogP contribution in [0.2, 0.25) is 5.02 Å². The molecular formula is C14H19ClO4. The lowest BCUT2D eigenvalue weighted by Crippen LogP contribution is -2.25. The van der Waals surface area contributed by atoms with Gasteiger partial charge in [-0.2, -0.15) is 0 Å². The Labute approximate surface area is 118 Å². The quantitative estimate of drug-likeness (QED) is 0.925. The van der Waals surface area contributed by atoms with Gasteiger partial charge in [-0.25, -0.2) is 0 Å². The van der Waals surface area contributed by atoms with Crippen molar-refractivity contribution in [2.75, 3.05) is 27.4 Å². The molecule has 1 N–H and O–H groups in total. The minimum Gasteiger partial charge on any atom is -0.493 e. The molecule has 5 heteroatoms. The summed E-state index contributed by atoms with van der Waals surface area (Å²) in [4.78, 5) is 0. The second kappa shape index (κ2) is 6.46. The van der Waals surface area contributed by atoms with E-state index < -0.39 is 0 Å². The van der Waals surface area contributed by atoms with Gasteiger partial charge in [0.25, 0.3) is 0 Å². The molecule has 0 saturated carbocycles. The molecule has 106 valence electrons. The highest BCUT2D eigenvalue weighted by Crippen LogP contribution is 2.44. The van der Waals surface area contributed by atoms with Crippen LogP contribution in [0.3, 0.4) is 0 Å². The first-order valence-corrected chi connectivity index (χ1v) is 6.73. The zero-order chi connectivity index (χ0) is 13.8. The van der Waals surface area contributed by atoms with E-state index in [-0.39, 0.29) is 18.6 Å². The van der Waals surface area contributed by atoms with Gasteiger partial charge in [-0.15, -0.1) is 0 Å². The van der Waals surface area contributed by atoms with Crippen molar-refractivity contribution in [1.82, 2.24) is 0 Å². The Bertz CT molecular complexity index is 436. The van der Waals surface area contributed by atoms with Crippen LogP contribution in [0.25, 0.3) is 0 Å². The van der Waals surface area contributed by atoms with E-state index in [1.807, 2.05) is 12.1 Å². The normalized spacial score (nSPS) is 23.2. The van der Waals surface area contributed by atoms with Crippen molar-refractivity contribution >= 4 is 11.6 Å². The monoisotopic (exact) mass is 286 g/mol. The summed E-state index contributed by atoms with van der Waals surface area (Å²) in [6.07, 6.45) is 1.71. The molecule has 1 aromatic carbocycles. The zero-order valence-corrected chi connectivity index (χ0v) is 11.9. The van der Waals surface area contributed by atoms with Crippen LogP contribution in [0, 0.1) is 5.92 Å². The molecule has 2 atom stereocenters. The summed E-state index contributed by atoms with van der Waals surface area (Å²) in [5.74, 6) is 1.17.